The monoisotopic (exact) mass is 470 g/mol. The van der Waals surface area contributed by atoms with E-state index in [0.717, 1.165) is 12.0 Å². The maximum absolute atomic E-state index is 13.8. The van der Waals surface area contributed by atoms with E-state index in [4.69, 9.17) is 23.2 Å². The van der Waals surface area contributed by atoms with Gasteiger partial charge in [0.15, 0.2) is 0 Å². The van der Waals surface area contributed by atoms with E-state index < -0.39 is 6.04 Å². The lowest BCUT2D eigenvalue weighted by Crippen LogP contribution is -2.48. The fourth-order valence-corrected chi connectivity index (χ4v) is 3.98. The lowest BCUT2D eigenvalue weighted by atomic mass is 10.1. The molecular formula is C22H25Cl2FN2O2S. The molecule has 2 aromatic carbocycles. The molecule has 2 amide bonds. The quantitative estimate of drug-likeness (QED) is 0.511. The van der Waals surface area contributed by atoms with Gasteiger partial charge in [-0.3, -0.25) is 9.59 Å². The SMILES string of the molecule is CCCNC(=O)C(C)N(Cc1ccc(Cl)c(Cl)c1)C(=O)CSCc1ccccc1F. The van der Waals surface area contributed by atoms with E-state index in [9.17, 15) is 14.0 Å². The van der Waals surface area contributed by atoms with Crippen LogP contribution in [0.1, 0.15) is 31.4 Å². The first-order valence-corrected chi connectivity index (χ1v) is 11.6. The van der Waals surface area contributed by atoms with Crippen molar-refractivity contribution in [2.45, 2.75) is 38.6 Å². The van der Waals surface area contributed by atoms with Gasteiger partial charge in [0, 0.05) is 18.8 Å². The van der Waals surface area contributed by atoms with Gasteiger partial charge in [0.2, 0.25) is 11.8 Å². The first-order chi connectivity index (χ1) is 14.3. The highest BCUT2D eigenvalue weighted by Crippen LogP contribution is 2.24. The molecule has 1 N–H and O–H groups in total. The molecule has 0 aliphatic carbocycles. The Balaban J connectivity index is 2.10. The molecule has 0 heterocycles. The summed E-state index contributed by atoms with van der Waals surface area (Å²) in [5.41, 5.74) is 1.31. The van der Waals surface area contributed by atoms with Crippen LogP contribution >= 0.6 is 35.0 Å². The van der Waals surface area contributed by atoms with Crippen LogP contribution in [-0.4, -0.2) is 35.1 Å². The minimum Gasteiger partial charge on any atom is -0.354 e. The summed E-state index contributed by atoms with van der Waals surface area (Å²) in [5.74, 6) is -0.223. The summed E-state index contributed by atoms with van der Waals surface area (Å²) in [4.78, 5) is 27.0. The Hall–Kier alpha value is -1.76. The molecule has 0 aliphatic heterocycles. The molecule has 2 aromatic rings. The van der Waals surface area contributed by atoms with Gasteiger partial charge in [-0.25, -0.2) is 4.39 Å². The molecule has 0 fully saturated rings. The highest BCUT2D eigenvalue weighted by Gasteiger charge is 2.26. The van der Waals surface area contributed by atoms with Crippen LogP contribution in [0, 0.1) is 5.82 Å². The van der Waals surface area contributed by atoms with E-state index >= 15 is 0 Å². The zero-order valence-electron chi connectivity index (χ0n) is 17.0. The third kappa shape index (κ3) is 7.18. The molecule has 0 spiro atoms. The number of carbonyl (C=O) groups is 2. The Morgan fingerprint density at radius 2 is 1.90 bits per heavy atom. The first-order valence-electron chi connectivity index (χ1n) is 9.65. The largest absolute Gasteiger partial charge is 0.354 e. The fourth-order valence-electron chi connectivity index (χ4n) is 2.76. The normalized spacial score (nSPS) is 11.8. The Kier molecular flexibility index (Phi) is 9.95. The molecule has 0 bridgehead atoms. The van der Waals surface area contributed by atoms with Crippen molar-refractivity contribution in [3.8, 4) is 0 Å². The number of carbonyl (C=O) groups excluding carboxylic acids is 2. The molecule has 30 heavy (non-hydrogen) atoms. The Morgan fingerprint density at radius 1 is 1.17 bits per heavy atom. The highest BCUT2D eigenvalue weighted by atomic mass is 35.5. The van der Waals surface area contributed by atoms with Crippen molar-refractivity contribution in [1.29, 1.82) is 0 Å². The van der Waals surface area contributed by atoms with Gasteiger partial charge in [-0.05, 0) is 42.7 Å². The lowest BCUT2D eigenvalue weighted by molar-refractivity contribution is -0.138. The molecule has 0 aromatic heterocycles. The van der Waals surface area contributed by atoms with E-state index in [1.54, 1.807) is 43.3 Å². The highest BCUT2D eigenvalue weighted by molar-refractivity contribution is 7.99. The van der Waals surface area contributed by atoms with Gasteiger partial charge in [0.25, 0.3) is 0 Å². The molecule has 2 rings (SSSR count). The molecule has 4 nitrogen and oxygen atoms in total. The summed E-state index contributed by atoms with van der Waals surface area (Å²) in [5, 5.41) is 3.64. The van der Waals surface area contributed by atoms with Gasteiger partial charge in [-0.1, -0.05) is 54.4 Å². The average molecular weight is 471 g/mol. The van der Waals surface area contributed by atoms with Gasteiger partial charge in [-0.2, -0.15) is 0 Å². The number of benzene rings is 2. The molecule has 162 valence electrons. The van der Waals surface area contributed by atoms with Crippen molar-refractivity contribution in [1.82, 2.24) is 10.2 Å². The van der Waals surface area contributed by atoms with Crippen LogP contribution in [0.2, 0.25) is 10.0 Å². The predicted molar refractivity (Wildman–Crippen MR) is 122 cm³/mol. The number of hydrogen-bond donors (Lipinski definition) is 1. The topological polar surface area (TPSA) is 49.4 Å². The fraction of sp³-hybridized carbons (Fsp3) is 0.364. The smallest absolute Gasteiger partial charge is 0.242 e. The molecule has 0 radical (unpaired) electrons. The maximum atomic E-state index is 13.8. The number of rotatable bonds is 10. The summed E-state index contributed by atoms with van der Waals surface area (Å²) in [6.45, 7) is 4.42. The van der Waals surface area contributed by atoms with Gasteiger partial charge in [0.05, 0.1) is 15.8 Å². The van der Waals surface area contributed by atoms with Crippen LogP contribution < -0.4 is 5.32 Å². The minimum absolute atomic E-state index is 0.126. The van der Waals surface area contributed by atoms with Crippen molar-refractivity contribution >= 4 is 46.8 Å². The number of amides is 2. The van der Waals surface area contributed by atoms with E-state index in [2.05, 4.69) is 5.32 Å². The molecule has 8 heteroatoms. The lowest BCUT2D eigenvalue weighted by Gasteiger charge is -2.29. The molecule has 0 saturated heterocycles. The molecule has 1 unspecified atom stereocenters. The Morgan fingerprint density at radius 3 is 2.57 bits per heavy atom. The number of nitrogens with zero attached hydrogens (tertiary/aromatic N) is 1. The Labute approximate surface area is 191 Å². The molecule has 1 atom stereocenters. The van der Waals surface area contributed by atoms with Crippen LogP contribution in [0.15, 0.2) is 42.5 Å². The van der Waals surface area contributed by atoms with Crippen LogP contribution in [0.4, 0.5) is 4.39 Å². The van der Waals surface area contributed by atoms with Crippen LogP contribution in [0.3, 0.4) is 0 Å². The molecule has 0 saturated carbocycles. The third-order valence-electron chi connectivity index (χ3n) is 4.49. The zero-order valence-corrected chi connectivity index (χ0v) is 19.3. The van der Waals surface area contributed by atoms with Crippen molar-refractivity contribution in [2.75, 3.05) is 12.3 Å². The summed E-state index contributed by atoms with van der Waals surface area (Å²) in [6, 6.07) is 11.0. The van der Waals surface area contributed by atoms with Crippen molar-refractivity contribution in [3.05, 3.63) is 69.5 Å². The number of hydrogen-bond acceptors (Lipinski definition) is 3. The maximum Gasteiger partial charge on any atom is 0.242 e. The van der Waals surface area contributed by atoms with Gasteiger partial charge in [0.1, 0.15) is 11.9 Å². The summed E-state index contributed by atoms with van der Waals surface area (Å²) < 4.78 is 13.8. The van der Waals surface area contributed by atoms with Crippen LogP contribution in [0.25, 0.3) is 0 Å². The van der Waals surface area contributed by atoms with Crippen molar-refractivity contribution in [3.63, 3.8) is 0 Å². The number of thioether (sulfide) groups is 1. The van der Waals surface area contributed by atoms with Crippen molar-refractivity contribution in [2.24, 2.45) is 0 Å². The standard InChI is InChI=1S/C22H25Cl2FN2O2S/c1-3-10-26-22(29)15(2)27(12-16-8-9-18(23)19(24)11-16)21(28)14-30-13-17-6-4-5-7-20(17)25/h4-9,11,15H,3,10,12-14H2,1-2H3,(H,26,29). The van der Waals surface area contributed by atoms with E-state index in [0.29, 0.717) is 27.9 Å². The van der Waals surface area contributed by atoms with E-state index in [1.165, 1.54) is 22.7 Å². The predicted octanol–water partition coefficient (Wildman–Crippen LogP) is 5.31. The number of halogens is 3. The zero-order chi connectivity index (χ0) is 22.1. The minimum atomic E-state index is -0.660. The van der Waals surface area contributed by atoms with Crippen molar-refractivity contribution < 1.29 is 14.0 Å². The second kappa shape index (κ2) is 12.2. The Bertz CT molecular complexity index is 882. The van der Waals surface area contributed by atoms with Crippen LogP contribution in [0.5, 0.6) is 0 Å². The molecular weight excluding hydrogens is 446 g/mol. The average Bonchev–Trinajstić information content (AvgIpc) is 2.73. The molecule has 0 aliphatic rings. The van der Waals surface area contributed by atoms with Gasteiger partial charge in [-0.15, -0.1) is 11.8 Å². The number of nitrogens with one attached hydrogen (secondary N) is 1. The second-order valence-corrected chi connectivity index (χ2v) is 8.62. The second-order valence-electron chi connectivity index (χ2n) is 6.82. The summed E-state index contributed by atoms with van der Waals surface area (Å²) in [6.07, 6.45) is 0.803. The van der Waals surface area contributed by atoms with Gasteiger partial charge >= 0.3 is 0 Å². The van der Waals surface area contributed by atoms with E-state index in [1.807, 2.05) is 6.92 Å². The van der Waals surface area contributed by atoms with E-state index in [-0.39, 0.29) is 29.9 Å². The van der Waals surface area contributed by atoms with Gasteiger partial charge < -0.3 is 10.2 Å². The summed E-state index contributed by atoms with van der Waals surface area (Å²) in [7, 11) is 0. The third-order valence-corrected chi connectivity index (χ3v) is 6.20. The summed E-state index contributed by atoms with van der Waals surface area (Å²) >= 11 is 13.4. The van der Waals surface area contributed by atoms with Crippen LogP contribution in [-0.2, 0) is 21.9 Å². The first kappa shape index (κ1) is 24.5.